The summed E-state index contributed by atoms with van der Waals surface area (Å²) in [4.78, 5) is 59.3. The van der Waals surface area contributed by atoms with Crippen molar-refractivity contribution in [1.29, 1.82) is 0 Å². The minimum Gasteiger partial charge on any atom is -0.468 e. The first-order chi connectivity index (χ1) is 13.1. The first-order valence-electron chi connectivity index (χ1n) is 8.16. The predicted octanol–water partition coefficient (Wildman–Crippen LogP) is -0.206. The molecule has 0 saturated carbocycles. The van der Waals surface area contributed by atoms with Gasteiger partial charge in [0.1, 0.15) is 11.8 Å². The fourth-order valence-corrected chi connectivity index (χ4v) is 2.52. The number of carbonyl (C=O) groups is 5. The van der Waals surface area contributed by atoms with Gasteiger partial charge in [0.25, 0.3) is 5.91 Å². The topological polar surface area (TPSA) is 151 Å². The van der Waals surface area contributed by atoms with E-state index in [1.807, 2.05) is 0 Å². The van der Waals surface area contributed by atoms with Crippen molar-refractivity contribution in [3.8, 4) is 5.75 Å². The van der Waals surface area contributed by atoms with Crippen molar-refractivity contribution in [2.24, 2.45) is 17.6 Å². The van der Waals surface area contributed by atoms with Crippen LogP contribution in [0.3, 0.4) is 0 Å². The number of primary amides is 1. The van der Waals surface area contributed by atoms with Crippen LogP contribution in [0, 0.1) is 11.8 Å². The van der Waals surface area contributed by atoms with Crippen molar-refractivity contribution in [1.82, 2.24) is 5.32 Å². The van der Waals surface area contributed by atoms with E-state index in [1.165, 1.54) is 38.1 Å². The lowest BCUT2D eigenvalue weighted by Crippen LogP contribution is -2.52. The van der Waals surface area contributed by atoms with Gasteiger partial charge < -0.3 is 25.3 Å². The SMILES string of the molecule is COC(=O)C(C(=O)OC)[C@@H](C)[C@@H](NC(=O)c1cccc(OC(C)=O)c1)C(N)=O. The van der Waals surface area contributed by atoms with Gasteiger partial charge >= 0.3 is 17.9 Å². The average Bonchev–Trinajstić information content (AvgIpc) is 2.64. The second-order valence-electron chi connectivity index (χ2n) is 5.86. The Morgan fingerprint density at radius 3 is 2.07 bits per heavy atom. The van der Waals surface area contributed by atoms with Gasteiger partial charge in [-0.3, -0.25) is 24.0 Å². The van der Waals surface area contributed by atoms with Crippen LogP contribution in [0.25, 0.3) is 0 Å². The number of esters is 3. The van der Waals surface area contributed by atoms with Gasteiger partial charge in [0.05, 0.1) is 14.2 Å². The van der Waals surface area contributed by atoms with Gasteiger partial charge in [0.15, 0.2) is 5.92 Å². The number of hydrogen-bond donors (Lipinski definition) is 2. The first kappa shape index (κ1) is 22.6. The Hall–Kier alpha value is -3.43. The highest BCUT2D eigenvalue weighted by atomic mass is 16.5. The quantitative estimate of drug-likeness (QED) is 0.349. The maximum atomic E-state index is 12.5. The van der Waals surface area contributed by atoms with Gasteiger partial charge in [0.2, 0.25) is 5.91 Å². The van der Waals surface area contributed by atoms with E-state index < -0.39 is 47.6 Å². The van der Waals surface area contributed by atoms with E-state index >= 15 is 0 Å². The van der Waals surface area contributed by atoms with E-state index in [4.69, 9.17) is 10.5 Å². The fraction of sp³-hybridized carbons (Fsp3) is 0.389. The van der Waals surface area contributed by atoms with Gasteiger partial charge in [-0.25, -0.2) is 0 Å². The summed E-state index contributed by atoms with van der Waals surface area (Å²) in [6.07, 6.45) is 0. The fourth-order valence-electron chi connectivity index (χ4n) is 2.52. The summed E-state index contributed by atoms with van der Waals surface area (Å²) in [5, 5.41) is 2.38. The Labute approximate surface area is 161 Å². The molecule has 1 aromatic carbocycles. The number of hydrogen-bond acceptors (Lipinski definition) is 8. The second-order valence-corrected chi connectivity index (χ2v) is 5.86. The third kappa shape index (κ3) is 5.79. The summed E-state index contributed by atoms with van der Waals surface area (Å²) < 4.78 is 14.1. The molecule has 0 bridgehead atoms. The van der Waals surface area contributed by atoms with E-state index in [-0.39, 0.29) is 11.3 Å². The summed E-state index contributed by atoms with van der Waals surface area (Å²) in [5.41, 5.74) is 5.43. The number of nitrogens with one attached hydrogen (secondary N) is 1. The lowest BCUT2D eigenvalue weighted by molar-refractivity contribution is -0.162. The van der Waals surface area contributed by atoms with E-state index in [2.05, 4.69) is 14.8 Å². The molecule has 28 heavy (non-hydrogen) atoms. The minimum atomic E-state index is -1.47. The van der Waals surface area contributed by atoms with Crippen LogP contribution in [0.4, 0.5) is 0 Å². The molecule has 0 aromatic heterocycles. The smallest absolute Gasteiger partial charge is 0.320 e. The summed E-state index contributed by atoms with van der Waals surface area (Å²) >= 11 is 0. The molecule has 1 aromatic rings. The van der Waals surface area contributed by atoms with Gasteiger partial charge in [-0.05, 0) is 18.2 Å². The third-order valence-electron chi connectivity index (χ3n) is 3.91. The zero-order chi connectivity index (χ0) is 21.4. The van der Waals surface area contributed by atoms with E-state index in [0.717, 1.165) is 14.2 Å². The van der Waals surface area contributed by atoms with Crippen LogP contribution in [0.2, 0.25) is 0 Å². The number of methoxy groups -OCH3 is 2. The number of amides is 2. The Balaban J connectivity index is 3.10. The van der Waals surface area contributed by atoms with Crippen molar-refractivity contribution in [2.45, 2.75) is 19.9 Å². The third-order valence-corrected chi connectivity index (χ3v) is 3.91. The Bertz CT molecular complexity index is 761. The van der Waals surface area contributed by atoms with E-state index in [0.29, 0.717) is 0 Å². The molecule has 0 radical (unpaired) electrons. The predicted molar refractivity (Wildman–Crippen MR) is 94.9 cm³/mol. The molecule has 0 fully saturated rings. The van der Waals surface area contributed by atoms with Crippen molar-refractivity contribution in [3.63, 3.8) is 0 Å². The van der Waals surface area contributed by atoms with Crippen LogP contribution in [-0.2, 0) is 28.7 Å². The Kier molecular flexibility index (Phi) is 8.11. The number of carbonyl (C=O) groups excluding carboxylic acids is 5. The lowest BCUT2D eigenvalue weighted by atomic mass is 9.86. The van der Waals surface area contributed by atoms with Gasteiger partial charge in [-0.2, -0.15) is 0 Å². The maximum absolute atomic E-state index is 12.5. The number of nitrogens with two attached hydrogens (primary N) is 1. The molecule has 0 heterocycles. The van der Waals surface area contributed by atoms with Crippen LogP contribution >= 0.6 is 0 Å². The van der Waals surface area contributed by atoms with Crippen molar-refractivity contribution in [3.05, 3.63) is 29.8 Å². The molecule has 0 aliphatic carbocycles. The number of rotatable bonds is 8. The molecule has 0 unspecified atom stereocenters. The van der Waals surface area contributed by atoms with Crippen LogP contribution in [0.15, 0.2) is 24.3 Å². The maximum Gasteiger partial charge on any atom is 0.320 e. The summed E-state index contributed by atoms with van der Waals surface area (Å²) in [6.45, 7) is 2.58. The summed E-state index contributed by atoms with van der Waals surface area (Å²) in [7, 11) is 2.15. The Morgan fingerprint density at radius 2 is 1.61 bits per heavy atom. The molecular formula is C18H22N2O8. The number of ether oxygens (including phenoxy) is 3. The van der Waals surface area contributed by atoms with E-state index in [1.54, 1.807) is 0 Å². The molecule has 10 heteroatoms. The summed E-state index contributed by atoms with van der Waals surface area (Å²) in [5.74, 6) is -6.52. The lowest BCUT2D eigenvalue weighted by Gasteiger charge is -2.26. The van der Waals surface area contributed by atoms with Crippen molar-refractivity contribution >= 4 is 29.7 Å². The highest BCUT2D eigenvalue weighted by Gasteiger charge is 2.41. The molecule has 10 nitrogen and oxygen atoms in total. The van der Waals surface area contributed by atoms with Crippen molar-refractivity contribution < 1.29 is 38.2 Å². The second kappa shape index (κ2) is 10.0. The highest BCUT2D eigenvalue weighted by molar-refractivity contribution is 5.99. The zero-order valence-corrected chi connectivity index (χ0v) is 15.9. The molecule has 2 atom stereocenters. The molecule has 0 aliphatic rings. The first-order valence-corrected chi connectivity index (χ1v) is 8.16. The van der Waals surface area contributed by atoms with Gasteiger partial charge in [-0.15, -0.1) is 0 Å². The molecule has 0 spiro atoms. The monoisotopic (exact) mass is 394 g/mol. The molecule has 0 saturated heterocycles. The molecule has 2 amide bonds. The normalized spacial score (nSPS) is 12.5. The van der Waals surface area contributed by atoms with Crippen LogP contribution in [0.5, 0.6) is 5.75 Å². The minimum absolute atomic E-state index is 0.0740. The Morgan fingerprint density at radius 1 is 1.04 bits per heavy atom. The number of benzene rings is 1. The standard InChI is InChI=1S/C18H22N2O8/c1-9(13(17(24)26-3)18(25)27-4)14(15(19)22)20-16(23)11-6-5-7-12(8-11)28-10(2)21/h5-9,13-14H,1-4H3,(H2,19,22)(H,20,23)/t9-,14-/m1/s1. The zero-order valence-electron chi connectivity index (χ0n) is 15.9. The van der Waals surface area contributed by atoms with Gasteiger partial charge in [0, 0.05) is 18.4 Å². The highest BCUT2D eigenvalue weighted by Crippen LogP contribution is 2.20. The average molecular weight is 394 g/mol. The van der Waals surface area contributed by atoms with Crippen molar-refractivity contribution in [2.75, 3.05) is 14.2 Å². The van der Waals surface area contributed by atoms with Gasteiger partial charge in [-0.1, -0.05) is 13.0 Å². The molecule has 0 aliphatic heterocycles. The molecule has 152 valence electrons. The molecule has 1 rings (SSSR count). The summed E-state index contributed by atoms with van der Waals surface area (Å²) in [6, 6.07) is 4.27. The largest absolute Gasteiger partial charge is 0.468 e. The van der Waals surface area contributed by atoms with Crippen LogP contribution in [0.1, 0.15) is 24.2 Å². The van der Waals surface area contributed by atoms with Crippen LogP contribution < -0.4 is 15.8 Å². The van der Waals surface area contributed by atoms with E-state index in [9.17, 15) is 24.0 Å². The molecule has 3 N–H and O–H groups in total. The van der Waals surface area contributed by atoms with Crippen LogP contribution in [-0.4, -0.2) is 50.0 Å². The molecular weight excluding hydrogens is 372 g/mol.